The number of benzene rings is 1. The number of aliphatic carboxylic acids is 1. The smallest absolute Gasteiger partial charge is 0.338 e. The maximum absolute atomic E-state index is 13.2. The summed E-state index contributed by atoms with van der Waals surface area (Å²) in [6.07, 6.45) is 0.937. The van der Waals surface area contributed by atoms with Gasteiger partial charge in [0, 0.05) is 17.4 Å². The molecule has 4 unspecified atom stereocenters. The number of nitrogens with zero attached hydrogens (tertiary/aromatic N) is 1. The van der Waals surface area contributed by atoms with Crippen LogP contribution >= 0.6 is 11.8 Å². The normalized spacial score (nSPS) is 20.1. The van der Waals surface area contributed by atoms with E-state index in [1.165, 1.54) is 20.8 Å². The molecule has 3 saturated heterocycles. The molecule has 306 valence electrons. The predicted octanol–water partition coefficient (Wildman–Crippen LogP) is 6.60. The number of nitrogens with one attached hydrogen (secondary N) is 2. The van der Waals surface area contributed by atoms with Crippen LogP contribution in [0, 0.1) is 50.7 Å². The fraction of sp³-hybridized carbons (Fsp3) is 0.639. The van der Waals surface area contributed by atoms with Crippen LogP contribution in [0.25, 0.3) is 0 Å². The molecule has 1 aromatic rings. The van der Waals surface area contributed by atoms with Gasteiger partial charge in [-0.1, -0.05) is 48.1 Å². The highest BCUT2D eigenvalue weighted by Gasteiger charge is 2.47. The molecule has 18 heteroatoms. The van der Waals surface area contributed by atoms with E-state index >= 15 is 0 Å². The van der Waals surface area contributed by atoms with Crippen molar-refractivity contribution in [3.8, 4) is 5.75 Å². The van der Waals surface area contributed by atoms with E-state index < -0.39 is 69.6 Å². The lowest BCUT2D eigenvalue weighted by molar-refractivity contribution is -0.194. The first-order valence-corrected chi connectivity index (χ1v) is 17.9. The molecule has 3 amide bonds. The molecule has 0 bridgehead atoms. The second-order valence-electron chi connectivity index (χ2n) is 17.0. The summed E-state index contributed by atoms with van der Waals surface area (Å²) in [6.45, 7) is 25.0. The Labute approximate surface area is 317 Å². The van der Waals surface area contributed by atoms with Crippen molar-refractivity contribution in [2.24, 2.45) is 27.4 Å². The monoisotopic (exact) mass is 796 g/mol. The number of urea groups is 1. The van der Waals surface area contributed by atoms with Crippen LogP contribution in [0.1, 0.15) is 95.9 Å². The van der Waals surface area contributed by atoms with Crippen molar-refractivity contribution in [1.29, 1.82) is 0 Å². The van der Waals surface area contributed by atoms with E-state index in [-0.39, 0.29) is 22.8 Å². The Morgan fingerprint density at radius 3 is 1.63 bits per heavy atom. The second kappa shape index (κ2) is 18.1. The Balaban J connectivity index is 0.000000370. The van der Waals surface area contributed by atoms with Crippen molar-refractivity contribution in [3.63, 3.8) is 0 Å². The van der Waals surface area contributed by atoms with Crippen molar-refractivity contribution in [2.75, 3.05) is 5.75 Å². The van der Waals surface area contributed by atoms with Crippen LogP contribution in [0.4, 0.5) is 26.7 Å². The topological polar surface area (TPSA) is 177 Å². The zero-order chi connectivity index (χ0) is 42.5. The van der Waals surface area contributed by atoms with Gasteiger partial charge in [-0.15, -0.1) is 5.06 Å². The molecular weight excluding hydrogens is 743 g/mol. The summed E-state index contributed by atoms with van der Waals surface area (Å²) in [7, 11) is 0. The van der Waals surface area contributed by atoms with E-state index in [9.17, 15) is 45.9 Å². The number of thioether (sulfide) groups is 1. The number of fused-ring (bicyclic) bond motifs is 1. The van der Waals surface area contributed by atoms with Gasteiger partial charge in [0.15, 0.2) is 0 Å². The van der Waals surface area contributed by atoms with Crippen LogP contribution in [0.15, 0.2) is 12.3 Å². The zero-order valence-corrected chi connectivity index (χ0v) is 33.6. The highest BCUT2D eigenvalue weighted by molar-refractivity contribution is 8.00. The Kier molecular flexibility index (Phi) is 16.2. The number of carboxylic acids is 1. The van der Waals surface area contributed by atoms with Gasteiger partial charge in [0.25, 0.3) is 5.91 Å². The van der Waals surface area contributed by atoms with Crippen molar-refractivity contribution in [2.45, 2.75) is 119 Å². The Hall–Kier alpha value is -3.93. The number of amides is 3. The van der Waals surface area contributed by atoms with Crippen molar-refractivity contribution < 1.29 is 60.6 Å². The van der Waals surface area contributed by atoms with Crippen LogP contribution in [0.5, 0.6) is 5.75 Å². The number of ether oxygens (including phenoxy) is 1. The summed E-state index contributed by atoms with van der Waals surface area (Å²) in [6, 6.07) is -0.0822. The summed E-state index contributed by atoms with van der Waals surface area (Å²) in [5.74, 6) is -14.2. The SMILES string of the molecule is C=C1CCC(=O)N1OC(=O)C(C)(C)C.CC(C)(C)C(=O)Oc1c(F)c(F)c(F)c(F)c1F.CC(C)(C)C(N)C(=O)O.CC(C)(C)C1SCC2NC(=O)NC21. The summed E-state index contributed by atoms with van der Waals surface area (Å²) in [4.78, 5) is 60.3. The summed E-state index contributed by atoms with van der Waals surface area (Å²) < 4.78 is 68.8. The van der Waals surface area contributed by atoms with E-state index in [1.54, 1.807) is 41.5 Å². The molecule has 3 aliphatic rings. The summed E-state index contributed by atoms with van der Waals surface area (Å²) in [5, 5.41) is 15.9. The highest BCUT2D eigenvalue weighted by Crippen LogP contribution is 2.40. The second-order valence-corrected chi connectivity index (χ2v) is 18.1. The fourth-order valence-corrected chi connectivity index (χ4v) is 6.01. The van der Waals surface area contributed by atoms with Gasteiger partial charge in [-0.05, 0) is 58.8 Å². The van der Waals surface area contributed by atoms with Crippen LogP contribution in [-0.2, 0) is 24.0 Å². The first-order valence-electron chi connectivity index (χ1n) is 16.9. The van der Waals surface area contributed by atoms with Gasteiger partial charge in [0.1, 0.15) is 6.04 Å². The molecule has 4 rings (SSSR count). The molecule has 3 fully saturated rings. The minimum absolute atomic E-state index is 0.00421. The quantitative estimate of drug-likeness (QED) is 0.0651. The molecule has 3 aliphatic heterocycles. The van der Waals surface area contributed by atoms with E-state index in [2.05, 4.69) is 42.7 Å². The third-order valence-corrected chi connectivity index (χ3v) is 9.70. The molecule has 0 aromatic heterocycles. The van der Waals surface area contributed by atoms with Crippen LogP contribution in [0.2, 0.25) is 0 Å². The Morgan fingerprint density at radius 1 is 0.815 bits per heavy atom. The number of hydroxylamine groups is 2. The highest BCUT2D eigenvalue weighted by atomic mass is 32.2. The molecule has 3 heterocycles. The van der Waals surface area contributed by atoms with E-state index in [0.29, 0.717) is 35.9 Å². The number of nitrogens with two attached hydrogens (primary N) is 1. The zero-order valence-electron chi connectivity index (χ0n) is 32.8. The van der Waals surface area contributed by atoms with Gasteiger partial charge in [-0.2, -0.15) is 20.5 Å². The van der Waals surface area contributed by atoms with Gasteiger partial charge in [0.2, 0.25) is 34.8 Å². The molecule has 0 aliphatic carbocycles. The minimum atomic E-state index is -2.31. The van der Waals surface area contributed by atoms with Crippen molar-refractivity contribution in [1.82, 2.24) is 15.7 Å². The minimum Gasteiger partial charge on any atom is -0.480 e. The summed E-state index contributed by atoms with van der Waals surface area (Å²) in [5.41, 5.74) is 4.01. The molecular formula is C36H53F5N4O8S. The maximum Gasteiger partial charge on any atom is 0.338 e. The number of carboxylic acid groups (broad SMARTS) is 1. The molecule has 0 saturated carbocycles. The van der Waals surface area contributed by atoms with Crippen molar-refractivity contribution >= 4 is 41.6 Å². The maximum atomic E-state index is 13.2. The third kappa shape index (κ3) is 13.1. The number of allylic oxidation sites excluding steroid dienone is 1. The van der Waals surface area contributed by atoms with Gasteiger partial charge in [0.05, 0.1) is 28.6 Å². The molecule has 5 N–H and O–H groups in total. The standard InChI is InChI=1S/C11H9F5O2.C10H15NO3.C9H16N2OS.C6H13NO2/c1-11(2,3)10(17)18-9-7(15)5(13)4(12)6(14)8(9)16;1-7-5-6-8(12)11(7)14-9(13)10(2,3)4;1-9(2,3)7-6-5(4-13-7)10-8(12)11-6;1-6(2,3)4(7)5(8)9/h1-3H3;1,5-6H2,2-4H3;5-7H,4H2,1-3H3,(H2,10,11,12);4H,7H2,1-3H3,(H,8,9). The van der Waals surface area contributed by atoms with Crippen LogP contribution < -0.4 is 21.1 Å². The van der Waals surface area contributed by atoms with Gasteiger partial charge in [-0.3, -0.25) is 14.4 Å². The molecule has 1 aromatic carbocycles. The third-order valence-electron chi connectivity index (χ3n) is 7.79. The fourth-order valence-electron chi connectivity index (χ4n) is 4.34. The predicted molar refractivity (Wildman–Crippen MR) is 192 cm³/mol. The first-order chi connectivity index (χ1) is 24.2. The van der Waals surface area contributed by atoms with Gasteiger partial charge >= 0.3 is 23.9 Å². The molecule has 4 atom stereocenters. The number of carbonyl (C=O) groups excluding carboxylic acids is 4. The van der Waals surface area contributed by atoms with E-state index in [4.69, 9.17) is 15.7 Å². The number of rotatable bonds is 3. The largest absolute Gasteiger partial charge is 0.480 e. The number of halogens is 5. The van der Waals surface area contributed by atoms with E-state index in [0.717, 1.165) is 10.8 Å². The molecule has 0 spiro atoms. The molecule has 0 radical (unpaired) electrons. The van der Waals surface area contributed by atoms with Gasteiger partial charge in [-0.25, -0.2) is 22.8 Å². The molecule has 12 nitrogen and oxygen atoms in total. The Bertz CT molecular complexity index is 1550. The van der Waals surface area contributed by atoms with Gasteiger partial charge < -0.3 is 31.0 Å². The summed E-state index contributed by atoms with van der Waals surface area (Å²) >= 11 is 1.97. The Morgan fingerprint density at radius 2 is 1.28 bits per heavy atom. The lowest BCUT2D eigenvalue weighted by Gasteiger charge is -2.30. The van der Waals surface area contributed by atoms with Crippen molar-refractivity contribution in [3.05, 3.63) is 41.4 Å². The van der Waals surface area contributed by atoms with Crippen LogP contribution in [0.3, 0.4) is 0 Å². The van der Waals surface area contributed by atoms with E-state index in [1.807, 2.05) is 11.8 Å². The number of hydrogen-bond donors (Lipinski definition) is 4. The average Bonchev–Trinajstić information content (AvgIpc) is 3.69. The number of esters is 1. The molecule has 54 heavy (non-hydrogen) atoms. The average molecular weight is 797 g/mol. The number of hydrogen-bond acceptors (Lipinski definition) is 9. The lowest BCUT2D eigenvalue weighted by atomic mass is 9.86. The first kappa shape index (κ1) is 48.1. The van der Waals surface area contributed by atoms with Crippen LogP contribution in [-0.4, -0.2) is 69.1 Å². The lowest BCUT2D eigenvalue weighted by Crippen LogP contribution is -2.42. The number of carbonyl (C=O) groups is 5.